The van der Waals surface area contributed by atoms with Crippen LogP contribution in [0.15, 0.2) is 102 Å². The van der Waals surface area contributed by atoms with Crippen LogP contribution in [0.1, 0.15) is 28.5 Å². The summed E-state index contributed by atoms with van der Waals surface area (Å²) in [5.74, 6) is 0.0808. The molecule has 5 aromatic rings. The molecule has 186 valence electrons. The van der Waals surface area contributed by atoms with E-state index >= 15 is 0 Å². The third-order valence-electron chi connectivity index (χ3n) is 6.19. The van der Waals surface area contributed by atoms with Crippen LogP contribution in [0, 0.1) is 6.92 Å². The predicted molar refractivity (Wildman–Crippen MR) is 139 cm³/mol. The Labute approximate surface area is 214 Å². The molecule has 37 heavy (non-hydrogen) atoms. The smallest absolute Gasteiger partial charge is 0.247 e. The Bertz CT molecular complexity index is 1480. The first-order valence-electron chi connectivity index (χ1n) is 12.1. The van der Waals surface area contributed by atoms with Crippen LogP contribution in [0.25, 0.3) is 11.0 Å². The molecule has 5 rings (SSSR count). The summed E-state index contributed by atoms with van der Waals surface area (Å²) in [6.07, 6.45) is 1.56. The molecule has 1 atom stereocenters. The molecule has 2 aromatic heterocycles. The largest absolute Gasteiger partial charge is 0.467 e. The van der Waals surface area contributed by atoms with E-state index in [4.69, 9.17) is 4.42 Å². The van der Waals surface area contributed by atoms with Crippen molar-refractivity contribution < 1.29 is 14.0 Å². The van der Waals surface area contributed by atoms with Crippen molar-refractivity contribution in [2.75, 3.05) is 0 Å². The number of hydrogen-bond donors (Lipinski definition) is 1. The summed E-state index contributed by atoms with van der Waals surface area (Å²) >= 11 is 0. The minimum absolute atomic E-state index is 0.0544. The number of aryl methyl sites for hydroxylation is 1. The second kappa shape index (κ2) is 10.9. The highest BCUT2D eigenvalue weighted by molar-refractivity contribution is 5.89. The number of amides is 2. The van der Waals surface area contributed by atoms with Crippen molar-refractivity contribution in [1.82, 2.24) is 25.2 Å². The summed E-state index contributed by atoms with van der Waals surface area (Å²) in [6, 6.07) is 27.5. The molecule has 0 aliphatic carbocycles. The first-order chi connectivity index (χ1) is 18.1. The van der Waals surface area contributed by atoms with Gasteiger partial charge in [0.2, 0.25) is 11.8 Å². The average Bonchev–Trinajstić information content (AvgIpc) is 3.59. The van der Waals surface area contributed by atoms with Crippen LogP contribution in [0.4, 0.5) is 0 Å². The van der Waals surface area contributed by atoms with Gasteiger partial charge in [-0.1, -0.05) is 77.5 Å². The lowest BCUT2D eigenvalue weighted by molar-refractivity contribution is -0.142. The Morgan fingerprint density at radius 2 is 1.70 bits per heavy atom. The highest BCUT2D eigenvalue weighted by atomic mass is 16.3. The number of aromatic nitrogens is 3. The van der Waals surface area contributed by atoms with Crippen molar-refractivity contribution >= 4 is 22.8 Å². The first kappa shape index (κ1) is 24.0. The average molecular weight is 494 g/mol. The van der Waals surface area contributed by atoms with Gasteiger partial charge < -0.3 is 14.6 Å². The van der Waals surface area contributed by atoms with Crippen molar-refractivity contribution in [3.05, 3.63) is 120 Å². The molecule has 0 aliphatic heterocycles. The number of fused-ring (bicyclic) bond motifs is 1. The van der Waals surface area contributed by atoms with E-state index in [1.807, 2.05) is 85.8 Å². The molecular formula is C29H27N5O3. The topological polar surface area (TPSA) is 93.3 Å². The third kappa shape index (κ3) is 5.59. The number of nitrogens with one attached hydrogen (secondary N) is 1. The zero-order chi connectivity index (χ0) is 25.6. The number of nitrogens with zero attached hydrogens (tertiary/aromatic N) is 4. The fraction of sp³-hybridized carbons (Fsp3) is 0.172. The van der Waals surface area contributed by atoms with E-state index in [1.54, 1.807) is 28.0 Å². The van der Waals surface area contributed by atoms with Gasteiger partial charge in [-0.15, -0.1) is 5.10 Å². The van der Waals surface area contributed by atoms with E-state index in [0.29, 0.717) is 11.3 Å². The summed E-state index contributed by atoms with van der Waals surface area (Å²) in [5, 5.41) is 11.3. The van der Waals surface area contributed by atoms with Gasteiger partial charge in [-0.3, -0.25) is 9.59 Å². The van der Waals surface area contributed by atoms with Crippen molar-refractivity contribution in [3.8, 4) is 0 Å². The Morgan fingerprint density at radius 1 is 0.946 bits per heavy atom. The normalized spacial score (nSPS) is 11.8. The van der Waals surface area contributed by atoms with Crippen LogP contribution in [-0.4, -0.2) is 31.7 Å². The Hall–Kier alpha value is -4.72. The third-order valence-corrected chi connectivity index (χ3v) is 6.19. The summed E-state index contributed by atoms with van der Waals surface area (Å²) in [4.78, 5) is 29.2. The van der Waals surface area contributed by atoms with Gasteiger partial charge in [0.1, 0.15) is 23.9 Å². The zero-order valence-electron chi connectivity index (χ0n) is 20.4. The minimum Gasteiger partial charge on any atom is -0.467 e. The van der Waals surface area contributed by atoms with Gasteiger partial charge in [0.15, 0.2) is 0 Å². The fourth-order valence-corrected chi connectivity index (χ4v) is 4.26. The molecule has 3 aromatic carbocycles. The molecule has 0 bridgehead atoms. The molecule has 0 fully saturated rings. The fourth-order valence-electron chi connectivity index (χ4n) is 4.26. The maximum atomic E-state index is 13.9. The Balaban J connectivity index is 1.50. The molecule has 8 heteroatoms. The van der Waals surface area contributed by atoms with Crippen LogP contribution in [-0.2, 0) is 29.2 Å². The number of furan rings is 1. The van der Waals surface area contributed by atoms with E-state index in [1.165, 1.54) is 0 Å². The van der Waals surface area contributed by atoms with Gasteiger partial charge in [-0.2, -0.15) is 0 Å². The van der Waals surface area contributed by atoms with Crippen LogP contribution >= 0.6 is 0 Å². The molecule has 2 amide bonds. The second-order valence-corrected chi connectivity index (χ2v) is 8.85. The molecule has 1 N–H and O–H groups in total. The number of carbonyl (C=O) groups is 2. The zero-order valence-corrected chi connectivity index (χ0v) is 20.4. The standard InChI is InChI=1S/C29H27N5O3/c1-21-13-15-23(16-14-21)28(29(36)30-18-24-10-7-17-37-24)33(19-22-8-3-2-4-9-22)27(35)20-34-26-12-6-5-11-25(26)31-32-34/h2-17,28H,18-20H2,1H3,(H,30,36)/t28-/m0/s1. The van der Waals surface area contributed by atoms with Gasteiger partial charge in [0.05, 0.1) is 18.3 Å². The predicted octanol–water partition coefficient (Wildman–Crippen LogP) is 4.42. The second-order valence-electron chi connectivity index (χ2n) is 8.85. The maximum Gasteiger partial charge on any atom is 0.247 e. The maximum absolute atomic E-state index is 13.9. The van der Waals surface area contributed by atoms with E-state index in [0.717, 1.165) is 22.2 Å². The Morgan fingerprint density at radius 3 is 2.46 bits per heavy atom. The number of para-hydroxylation sites is 1. The monoisotopic (exact) mass is 493 g/mol. The van der Waals surface area contributed by atoms with Crippen LogP contribution in [0.3, 0.4) is 0 Å². The molecular weight excluding hydrogens is 466 g/mol. The number of rotatable bonds is 9. The van der Waals surface area contributed by atoms with Gasteiger partial charge in [0, 0.05) is 6.54 Å². The highest BCUT2D eigenvalue weighted by Crippen LogP contribution is 2.25. The van der Waals surface area contributed by atoms with E-state index in [-0.39, 0.29) is 31.4 Å². The number of hydrogen-bond acceptors (Lipinski definition) is 5. The Kier molecular flexibility index (Phi) is 7.07. The van der Waals surface area contributed by atoms with E-state index in [2.05, 4.69) is 15.6 Å². The molecule has 0 unspecified atom stereocenters. The highest BCUT2D eigenvalue weighted by Gasteiger charge is 2.32. The summed E-state index contributed by atoms with van der Waals surface area (Å²) in [7, 11) is 0. The molecule has 0 saturated carbocycles. The summed E-state index contributed by atoms with van der Waals surface area (Å²) in [5.41, 5.74) is 4.15. The minimum atomic E-state index is -0.863. The molecule has 8 nitrogen and oxygen atoms in total. The lowest BCUT2D eigenvalue weighted by Gasteiger charge is -2.31. The lowest BCUT2D eigenvalue weighted by Crippen LogP contribution is -2.44. The van der Waals surface area contributed by atoms with Crippen molar-refractivity contribution in [3.63, 3.8) is 0 Å². The first-order valence-corrected chi connectivity index (χ1v) is 12.1. The number of benzene rings is 3. The van der Waals surface area contributed by atoms with Gasteiger partial charge in [-0.25, -0.2) is 4.68 Å². The van der Waals surface area contributed by atoms with Crippen molar-refractivity contribution in [2.24, 2.45) is 0 Å². The summed E-state index contributed by atoms with van der Waals surface area (Å²) < 4.78 is 6.96. The summed E-state index contributed by atoms with van der Waals surface area (Å²) in [6.45, 7) is 2.40. The molecule has 0 radical (unpaired) electrons. The van der Waals surface area contributed by atoms with Gasteiger partial charge in [-0.05, 0) is 42.3 Å². The van der Waals surface area contributed by atoms with Crippen LogP contribution < -0.4 is 5.32 Å². The van der Waals surface area contributed by atoms with E-state index in [9.17, 15) is 9.59 Å². The SMILES string of the molecule is Cc1ccc([C@@H](C(=O)NCc2ccco2)N(Cc2ccccc2)C(=O)Cn2nnc3ccccc32)cc1. The molecule has 2 heterocycles. The van der Waals surface area contributed by atoms with E-state index < -0.39 is 6.04 Å². The molecule has 0 aliphatic rings. The number of carbonyl (C=O) groups excluding carboxylic acids is 2. The van der Waals surface area contributed by atoms with Crippen LogP contribution in [0.5, 0.6) is 0 Å². The van der Waals surface area contributed by atoms with Crippen LogP contribution in [0.2, 0.25) is 0 Å². The molecule has 0 spiro atoms. The lowest BCUT2D eigenvalue weighted by atomic mass is 10.0. The van der Waals surface area contributed by atoms with Crippen molar-refractivity contribution in [2.45, 2.75) is 32.6 Å². The van der Waals surface area contributed by atoms with Crippen molar-refractivity contribution in [1.29, 1.82) is 0 Å². The van der Waals surface area contributed by atoms with Gasteiger partial charge in [0.25, 0.3) is 0 Å². The van der Waals surface area contributed by atoms with Gasteiger partial charge >= 0.3 is 0 Å². The quantitative estimate of drug-likeness (QED) is 0.328. The molecule has 0 saturated heterocycles.